The molecular formula is C27H46NO2+. The maximum Gasteiger partial charge on any atom is 0.338 e. The Morgan fingerprint density at radius 2 is 1.20 bits per heavy atom. The molecule has 1 aromatic rings. The summed E-state index contributed by atoms with van der Waals surface area (Å²) < 4.78 is 7.62. The highest BCUT2D eigenvalue weighted by atomic mass is 16.6. The quantitative estimate of drug-likeness (QED) is 0.0994. The van der Waals surface area contributed by atoms with Crippen molar-refractivity contribution in [3.05, 3.63) is 42.7 Å². The Labute approximate surface area is 185 Å². The molecule has 1 heterocycles. The van der Waals surface area contributed by atoms with E-state index >= 15 is 0 Å². The van der Waals surface area contributed by atoms with E-state index in [2.05, 4.69) is 13.5 Å². The highest BCUT2D eigenvalue weighted by Gasteiger charge is 2.22. The number of rotatable bonds is 19. The lowest BCUT2D eigenvalue weighted by molar-refractivity contribution is -0.757. The molecule has 1 rings (SSSR count). The summed E-state index contributed by atoms with van der Waals surface area (Å²) in [5.74, 6) is -0.308. The monoisotopic (exact) mass is 416 g/mol. The molecule has 0 fully saturated rings. The first kappa shape index (κ1) is 26.4. The Morgan fingerprint density at radius 1 is 0.767 bits per heavy atom. The number of esters is 1. The van der Waals surface area contributed by atoms with Crippen molar-refractivity contribution in [3.63, 3.8) is 0 Å². The maximum absolute atomic E-state index is 12.0. The topological polar surface area (TPSA) is 30.2 Å². The van der Waals surface area contributed by atoms with E-state index in [4.69, 9.17) is 4.74 Å². The normalized spacial score (nSPS) is 11.9. The molecule has 0 aromatic carbocycles. The molecule has 3 nitrogen and oxygen atoms in total. The van der Waals surface area contributed by atoms with Crippen molar-refractivity contribution in [2.45, 2.75) is 123 Å². The van der Waals surface area contributed by atoms with Crippen LogP contribution in [0, 0.1) is 0 Å². The van der Waals surface area contributed by atoms with Crippen LogP contribution in [0.4, 0.5) is 0 Å². The Bertz CT molecular complexity index is 555. The Balaban J connectivity index is 2.04. The third-order valence-electron chi connectivity index (χ3n) is 5.72. The zero-order valence-electron chi connectivity index (χ0n) is 19.7. The lowest BCUT2D eigenvalue weighted by Crippen LogP contribution is -2.41. The van der Waals surface area contributed by atoms with Crippen molar-refractivity contribution in [2.24, 2.45) is 0 Å². The summed E-state index contributed by atoms with van der Waals surface area (Å²) in [5.41, 5.74) is 0.452. The maximum atomic E-state index is 12.0. The molecule has 0 amide bonds. The van der Waals surface area contributed by atoms with Gasteiger partial charge in [-0.05, 0) is 13.3 Å². The number of ether oxygens (including phenoxy) is 1. The van der Waals surface area contributed by atoms with Gasteiger partial charge in [-0.1, -0.05) is 109 Å². The number of unbranched alkanes of at least 4 members (excludes halogenated alkanes) is 14. The van der Waals surface area contributed by atoms with E-state index in [-0.39, 0.29) is 12.2 Å². The Hall–Kier alpha value is -1.64. The molecule has 0 saturated carbocycles. The van der Waals surface area contributed by atoms with Crippen molar-refractivity contribution < 1.29 is 14.1 Å². The van der Waals surface area contributed by atoms with Crippen LogP contribution in [0.5, 0.6) is 0 Å². The average Bonchev–Trinajstić information content (AvgIpc) is 2.76. The van der Waals surface area contributed by atoms with Gasteiger partial charge in [0, 0.05) is 24.1 Å². The zero-order valence-corrected chi connectivity index (χ0v) is 19.7. The molecule has 0 aliphatic carbocycles. The first-order chi connectivity index (χ1) is 14.6. The molecule has 30 heavy (non-hydrogen) atoms. The second-order valence-corrected chi connectivity index (χ2v) is 8.70. The Morgan fingerprint density at radius 3 is 1.63 bits per heavy atom. The van der Waals surface area contributed by atoms with Crippen LogP contribution in [0.25, 0.3) is 0 Å². The summed E-state index contributed by atoms with van der Waals surface area (Å²) in [6, 6.07) is 5.91. The molecule has 0 spiro atoms. The molecule has 0 N–H and O–H groups in total. The third kappa shape index (κ3) is 13.6. The number of hydrogen-bond donors (Lipinski definition) is 0. The van der Waals surface area contributed by atoms with Gasteiger partial charge in [-0.25, -0.2) is 4.79 Å². The van der Waals surface area contributed by atoms with Gasteiger partial charge in [0.05, 0.1) is 0 Å². The van der Waals surface area contributed by atoms with Gasteiger partial charge in [0.25, 0.3) is 0 Å². The highest BCUT2D eigenvalue weighted by molar-refractivity contribution is 5.86. The van der Waals surface area contributed by atoms with Crippen LogP contribution >= 0.6 is 0 Å². The molecule has 1 aromatic heterocycles. The SMILES string of the molecule is C=C(C)C(=O)OC(CCCCCCCCCCCCCCCCC)[n+]1ccccc1. The molecule has 0 saturated heterocycles. The lowest BCUT2D eigenvalue weighted by atomic mass is 10.0. The van der Waals surface area contributed by atoms with Crippen molar-refractivity contribution in [2.75, 3.05) is 0 Å². The van der Waals surface area contributed by atoms with Gasteiger partial charge >= 0.3 is 12.2 Å². The number of carbonyl (C=O) groups excluding carboxylic acids is 1. The number of pyridine rings is 1. The van der Waals surface area contributed by atoms with E-state index in [1.54, 1.807) is 6.92 Å². The summed E-state index contributed by atoms with van der Waals surface area (Å²) in [7, 11) is 0. The van der Waals surface area contributed by atoms with Gasteiger partial charge in [0.2, 0.25) is 0 Å². The zero-order chi connectivity index (χ0) is 21.9. The summed E-state index contributed by atoms with van der Waals surface area (Å²) in [5, 5.41) is 0. The molecule has 0 radical (unpaired) electrons. The highest BCUT2D eigenvalue weighted by Crippen LogP contribution is 2.16. The largest absolute Gasteiger partial charge is 0.399 e. The number of aromatic nitrogens is 1. The summed E-state index contributed by atoms with van der Waals surface area (Å²) in [6.07, 6.45) is 24.9. The van der Waals surface area contributed by atoms with Gasteiger partial charge in [-0.3, -0.25) is 0 Å². The Kier molecular flexibility index (Phi) is 16.0. The minimum Gasteiger partial charge on any atom is -0.399 e. The van der Waals surface area contributed by atoms with Gasteiger partial charge < -0.3 is 4.74 Å². The lowest BCUT2D eigenvalue weighted by Gasteiger charge is -2.13. The van der Waals surface area contributed by atoms with Crippen molar-refractivity contribution in [1.29, 1.82) is 0 Å². The van der Waals surface area contributed by atoms with Gasteiger partial charge in [-0.15, -0.1) is 0 Å². The summed E-state index contributed by atoms with van der Waals surface area (Å²) in [4.78, 5) is 12.0. The minimum atomic E-state index is -0.308. The number of nitrogens with zero attached hydrogens (tertiary/aromatic N) is 1. The predicted octanol–water partition coefficient (Wildman–Crippen LogP) is 7.85. The summed E-state index contributed by atoms with van der Waals surface area (Å²) in [6.45, 7) is 7.67. The molecule has 1 unspecified atom stereocenters. The molecule has 1 atom stereocenters. The van der Waals surface area contributed by atoms with Gasteiger partial charge in [0.1, 0.15) is 0 Å². The van der Waals surface area contributed by atoms with Crippen LogP contribution in [-0.2, 0) is 9.53 Å². The van der Waals surface area contributed by atoms with Crippen LogP contribution < -0.4 is 4.57 Å². The molecule has 0 bridgehead atoms. The van der Waals surface area contributed by atoms with E-state index in [0.717, 1.165) is 12.8 Å². The van der Waals surface area contributed by atoms with E-state index in [9.17, 15) is 4.79 Å². The fraction of sp³-hybridized carbons (Fsp3) is 0.704. The molecule has 170 valence electrons. The van der Waals surface area contributed by atoms with Crippen molar-refractivity contribution in [1.82, 2.24) is 0 Å². The molecule has 3 heteroatoms. The number of hydrogen-bond acceptors (Lipinski definition) is 2. The van der Waals surface area contributed by atoms with Crippen LogP contribution in [-0.4, -0.2) is 5.97 Å². The van der Waals surface area contributed by atoms with Gasteiger partial charge in [0.15, 0.2) is 12.4 Å². The average molecular weight is 417 g/mol. The third-order valence-corrected chi connectivity index (χ3v) is 5.72. The first-order valence-electron chi connectivity index (χ1n) is 12.5. The molecule has 0 aliphatic heterocycles. The van der Waals surface area contributed by atoms with Crippen LogP contribution in [0.3, 0.4) is 0 Å². The van der Waals surface area contributed by atoms with Crippen LogP contribution in [0.2, 0.25) is 0 Å². The fourth-order valence-electron chi connectivity index (χ4n) is 3.79. The fourth-order valence-corrected chi connectivity index (χ4v) is 3.79. The van der Waals surface area contributed by atoms with Crippen molar-refractivity contribution in [3.8, 4) is 0 Å². The summed E-state index contributed by atoms with van der Waals surface area (Å²) >= 11 is 0. The van der Waals surface area contributed by atoms with Crippen molar-refractivity contribution >= 4 is 5.97 Å². The van der Waals surface area contributed by atoms with Crippen LogP contribution in [0.15, 0.2) is 42.7 Å². The predicted molar refractivity (Wildman–Crippen MR) is 126 cm³/mol. The van der Waals surface area contributed by atoms with E-state index in [1.807, 2.05) is 35.2 Å². The molecule has 0 aliphatic rings. The second kappa shape index (κ2) is 18.2. The smallest absolute Gasteiger partial charge is 0.338 e. The van der Waals surface area contributed by atoms with E-state index in [0.29, 0.717) is 5.57 Å². The minimum absolute atomic E-state index is 0.239. The van der Waals surface area contributed by atoms with Crippen LogP contribution in [0.1, 0.15) is 123 Å². The molecular weight excluding hydrogens is 370 g/mol. The first-order valence-corrected chi connectivity index (χ1v) is 12.5. The number of carbonyl (C=O) groups is 1. The standard InChI is InChI=1S/C27H46NO2/c1-4-5-6-7-8-9-10-11-12-13-14-15-16-17-19-22-26(30-27(29)25(2)3)28-23-20-18-21-24-28/h18,20-21,23-24,26H,2,4-17,19,22H2,1,3H3/q+1. The van der Waals surface area contributed by atoms with E-state index < -0.39 is 0 Å². The second-order valence-electron chi connectivity index (χ2n) is 8.70. The van der Waals surface area contributed by atoms with E-state index in [1.165, 1.54) is 89.9 Å². The van der Waals surface area contributed by atoms with Gasteiger partial charge in [-0.2, -0.15) is 4.57 Å².